The number of pyridine rings is 1. The Kier molecular flexibility index (Phi) is 5.11. The van der Waals surface area contributed by atoms with Crippen LogP contribution in [0.5, 0.6) is 0 Å². The lowest BCUT2D eigenvalue weighted by atomic mass is 10.0. The summed E-state index contributed by atoms with van der Waals surface area (Å²) in [6.45, 7) is 0. The Morgan fingerprint density at radius 3 is 2.75 bits per heavy atom. The molecule has 1 aromatic heterocycles. The molecule has 0 bridgehead atoms. The molecule has 6 heteroatoms. The molecule has 0 radical (unpaired) electrons. The van der Waals surface area contributed by atoms with Gasteiger partial charge in [0.2, 0.25) is 5.91 Å². The molecule has 0 aliphatic carbocycles. The minimum Gasteiger partial charge on any atom is -0.325 e. The fourth-order valence-corrected chi connectivity index (χ4v) is 2.17. The summed E-state index contributed by atoms with van der Waals surface area (Å²) in [6.07, 6.45) is 1.70. The molecule has 0 aliphatic rings. The lowest BCUT2D eigenvalue weighted by Crippen LogP contribution is -2.20. The summed E-state index contributed by atoms with van der Waals surface area (Å²) in [5.41, 5.74) is 7.50. The Morgan fingerprint density at radius 1 is 1.40 bits per heavy atom. The van der Waals surface area contributed by atoms with E-state index >= 15 is 0 Å². The Labute approximate surface area is 130 Å². The van der Waals surface area contributed by atoms with Crippen LogP contribution in [0.3, 0.4) is 0 Å². The van der Waals surface area contributed by atoms with Gasteiger partial charge in [-0.05, 0) is 27.6 Å². The smallest absolute Gasteiger partial charge is 0.226 e. The van der Waals surface area contributed by atoms with Gasteiger partial charge in [-0.1, -0.05) is 41.9 Å². The van der Waals surface area contributed by atoms with Crippen LogP contribution >= 0.6 is 27.5 Å². The van der Waals surface area contributed by atoms with Gasteiger partial charge < -0.3 is 11.1 Å². The maximum absolute atomic E-state index is 11.9. The number of hydrogen-bond donors (Lipinski definition) is 2. The SMILES string of the molecule is NC(CC(=O)Nc1cnc(Cl)c(Br)c1)c1ccccc1. The van der Waals surface area contributed by atoms with E-state index in [0.29, 0.717) is 15.3 Å². The van der Waals surface area contributed by atoms with E-state index in [4.69, 9.17) is 17.3 Å². The third-order valence-corrected chi connectivity index (χ3v) is 3.85. The summed E-state index contributed by atoms with van der Waals surface area (Å²) >= 11 is 9.04. The zero-order valence-corrected chi connectivity index (χ0v) is 12.9. The third-order valence-electron chi connectivity index (χ3n) is 2.71. The number of amides is 1. The van der Waals surface area contributed by atoms with Crippen LogP contribution in [0.25, 0.3) is 0 Å². The number of nitrogens with zero attached hydrogens (tertiary/aromatic N) is 1. The van der Waals surface area contributed by atoms with Gasteiger partial charge >= 0.3 is 0 Å². The van der Waals surface area contributed by atoms with Crippen molar-refractivity contribution >= 4 is 39.1 Å². The number of halogens is 2. The monoisotopic (exact) mass is 353 g/mol. The van der Waals surface area contributed by atoms with E-state index in [1.165, 1.54) is 6.20 Å². The highest BCUT2D eigenvalue weighted by Crippen LogP contribution is 2.23. The molecule has 20 heavy (non-hydrogen) atoms. The van der Waals surface area contributed by atoms with E-state index in [-0.39, 0.29) is 18.4 Å². The number of rotatable bonds is 4. The fraction of sp³-hybridized carbons (Fsp3) is 0.143. The van der Waals surface area contributed by atoms with Gasteiger partial charge in [0, 0.05) is 12.5 Å². The average Bonchev–Trinajstić information content (AvgIpc) is 2.44. The quantitative estimate of drug-likeness (QED) is 0.825. The number of carbonyl (C=O) groups is 1. The van der Waals surface area contributed by atoms with Crippen molar-refractivity contribution in [1.82, 2.24) is 4.98 Å². The molecule has 0 fully saturated rings. The molecule has 1 amide bonds. The van der Waals surface area contributed by atoms with Crippen LogP contribution in [0.2, 0.25) is 5.15 Å². The Bertz CT molecular complexity index is 607. The molecule has 0 saturated carbocycles. The third kappa shape index (κ3) is 4.03. The fourth-order valence-electron chi connectivity index (χ4n) is 1.72. The molecule has 0 aliphatic heterocycles. The average molecular weight is 355 g/mol. The van der Waals surface area contributed by atoms with E-state index in [0.717, 1.165) is 5.56 Å². The van der Waals surface area contributed by atoms with Gasteiger partial charge in [0.25, 0.3) is 0 Å². The zero-order valence-electron chi connectivity index (χ0n) is 10.5. The van der Waals surface area contributed by atoms with Crippen molar-refractivity contribution in [3.05, 3.63) is 57.8 Å². The molecular weight excluding hydrogens is 342 g/mol. The number of nitrogens with two attached hydrogens (primary N) is 1. The number of nitrogens with one attached hydrogen (secondary N) is 1. The van der Waals surface area contributed by atoms with Crippen LogP contribution in [0.4, 0.5) is 5.69 Å². The zero-order chi connectivity index (χ0) is 14.5. The first kappa shape index (κ1) is 15.0. The van der Waals surface area contributed by atoms with E-state index in [1.807, 2.05) is 30.3 Å². The molecule has 1 heterocycles. The highest BCUT2D eigenvalue weighted by Gasteiger charge is 2.12. The predicted octanol–water partition coefficient (Wildman–Crippen LogP) is 3.53. The molecule has 1 aromatic carbocycles. The number of hydrogen-bond acceptors (Lipinski definition) is 3. The van der Waals surface area contributed by atoms with Crippen LogP contribution < -0.4 is 11.1 Å². The second kappa shape index (κ2) is 6.83. The molecule has 2 rings (SSSR count). The molecule has 2 aromatic rings. The normalized spacial score (nSPS) is 11.9. The van der Waals surface area contributed by atoms with Crippen LogP contribution in [0.15, 0.2) is 47.1 Å². The first-order valence-electron chi connectivity index (χ1n) is 5.97. The molecule has 104 valence electrons. The van der Waals surface area contributed by atoms with Crippen LogP contribution in [-0.4, -0.2) is 10.9 Å². The lowest BCUT2D eigenvalue weighted by molar-refractivity contribution is -0.116. The number of benzene rings is 1. The number of aromatic nitrogens is 1. The maximum Gasteiger partial charge on any atom is 0.226 e. The van der Waals surface area contributed by atoms with E-state index in [1.54, 1.807) is 6.07 Å². The molecule has 3 N–H and O–H groups in total. The lowest BCUT2D eigenvalue weighted by Gasteiger charge is -2.12. The molecule has 1 atom stereocenters. The Balaban J connectivity index is 1.97. The van der Waals surface area contributed by atoms with Crippen LogP contribution in [0, 0.1) is 0 Å². The van der Waals surface area contributed by atoms with Gasteiger partial charge in [-0.2, -0.15) is 0 Å². The van der Waals surface area contributed by atoms with Gasteiger partial charge in [-0.15, -0.1) is 0 Å². The van der Waals surface area contributed by atoms with Crippen molar-refractivity contribution in [2.75, 3.05) is 5.32 Å². The molecule has 1 unspecified atom stereocenters. The largest absolute Gasteiger partial charge is 0.325 e. The van der Waals surface area contributed by atoms with Gasteiger partial charge in [0.15, 0.2) is 0 Å². The summed E-state index contributed by atoms with van der Waals surface area (Å²) in [7, 11) is 0. The van der Waals surface area contributed by atoms with Gasteiger partial charge in [-0.25, -0.2) is 4.98 Å². The van der Waals surface area contributed by atoms with Gasteiger partial charge in [-0.3, -0.25) is 4.79 Å². The number of carbonyl (C=O) groups excluding carboxylic acids is 1. The standard InChI is InChI=1S/C14H13BrClN3O/c15-11-6-10(8-18-14(11)16)19-13(20)7-12(17)9-4-2-1-3-5-9/h1-6,8,12H,7,17H2,(H,19,20). The second-order valence-electron chi connectivity index (χ2n) is 4.27. The molecule has 4 nitrogen and oxygen atoms in total. The van der Waals surface area contributed by atoms with Crippen LogP contribution in [0.1, 0.15) is 18.0 Å². The van der Waals surface area contributed by atoms with Gasteiger partial charge in [0.05, 0.1) is 16.4 Å². The molecular formula is C14H13BrClN3O. The summed E-state index contributed by atoms with van der Waals surface area (Å²) in [4.78, 5) is 15.9. The van der Waals surface area contributed by atoms with E-state index in [2.05, 4.69) is 26.2 Å². The second-order valence-corrected chi connectivity index (χ2v) is 5.48. The number of anilines is 1. The van der Waals surface area contributed by atoms with Crippen molar-refractivity contribution in [2.24, 2.45) is 5.73 Å². The van der Waals surface area contributed by atoms with Crippen molar-refractivity contribution in [1.29, 1.82) is 0 Å². The van der Waals surface area contributed by atoms with Crippen molar-refractivity contribution < 1.29 is 4.79 Å². The highest BCUT2D eigenvalue weighted by molar-refractivity contribution is 9.10. The maximum atomic E-state index is 11.9. The summed E-state index contributed by atoms with van der Waals surface area (Å²) in [6, 6.07) is 10.9. The van der Waals surface area contributed by atoms with Gasteiger partial charge in [0.1, 0.15) is 5.15 Å². The predicted molar refractivity (Wildman–Crippen MR) is 83.6 cm³/mol. The summed E-state index contributed by atoms with van der Waals surface area (Å²) in [5.74, 6) is -0.169. The molecule has 0 spiro atoms. The first-order chi connectivity index (χ1) is 9.56. The van der Waals surface area contributed by atoms with Crippen molar-refractivity contribution in [2.45, 2.75) is 12.5 Å². The minimum absolute atomic E-state index is 0.169. The Hall–Kier alpha value is -1.43. The summed E-state index contributed by atoms with van der Waals surface area (Å²) < 4.78 is 0.629. The van der Waals surface area contributed by atoms with Crippen LogP contribution in [-0.2, 0) is 4.79 Å². The Morgan fingerprint density at radius 2 is 2.10 bits per heavy atom. The molecule has 0 saturated heterocycles. The van der Waals surface area contributed by atoms with E-state index in [9.17, 15) is 4.79 Å². The summed E-state index contributed by atoms with van der Waals surface area (Å²) in [5, 5.41) is 3.09. The van der Waals surface area contributed by atoms with E-state index < -0.39 is 0 Å². The highest BCUT2D eigenvalue weighted by atomic mass is 79.9. The first-order valence-corrected chi connectivity index (χ1v) is 7.15. The topological polar surface area (TPSA) is 68.0 Å². The van der Waals surface area contributed by atoms with Crippen molar-refractivity contribution in [3.8, 4) is 0 Å². The minimum atomic E-state index is -0.333. The van der Waals surface area contributed by atoms with Crippen molar-refractivity contribution in [3.63, 3.8) is 0 Å².